The van der Waals surface area contributed by atoms with Gasteiger partial charge in [0.15, 0.2) is 0 Å². The number of aryl methyl sites for hydroxylation is 1. The molecule has 3 saturated heterocycles. The summed E-state index contributed by atoms with van der Waals surface area (Å²) in [6, 6.07) is 3.69. The number of phosphoric ester groups is 1. The second-order valence-corrected chi connectivity index (χ2v) is 29.1. The molecule has 2 bridgehead atoms. The highest BCUT2D eigenvalue weighted by Crippen LogP contribution is 2.47. The molecule has 2 unspecified atom stereocenters. The number of anilines is 1. The molecular weight excluding hydrogens is 1470 g/mol. The Morgan fingerprint density at radius 2 is 1.33 bits per heavy atom. The summed E-state index contributed by atoms with van der Waals surface area (Å²) in [6.07, 6.45) is -13.4. The van der Waals surface area contributed by atoms with Crippen molar-refractivity contribution in [3.8, 4) is 28.8 Å². The van der Waals surface area contributed by atoms with E-state index in [0.717, 1.165) is 45.4 Å². The van der Waals surface area contributed by atoms with E-state index in [1.165, 1.54) is 63.5 Å². The van der Waals surface area contributed by atoms with Gasteiger partial charge >= 0.3 is 50.8 Å². The Kier molecular flexibility index (Phi) is 26.6. The monoisotopic (exact) mass is 1550 g/mol. The molecule has 3 fully saturated rings. The van der Waals surface area contributed by atoms with Gasteiger partial charge in [-0.3, -0.25) is 44.1 Å². The molecule has 0 radical (unpaired) electrons. The third kappa shape index (κ3) is 21.2. The SMILES string of the molecule is COC(=O)N[C@H](C(=O)N[C@@H](Cc1ccc(C#Cc2cnc(N3CC4CCC(C3)N4C3COC3)nc2)cc1)[C@H](CN(Cc1c(F)cc(-c2ccn(C(F)F)n2)cc1F)NC(=O)[C@@H](NC(=O)OC)C(C)(C)C(F)(F)F)OC(=O)CC(C)(C)c1c(CC(=O)NCCC(=O)O)cc(C)cc1OP(=O)(O)O)C(C)(C)C(F)(F)F. The molecule has 588 valence electrons. The van der Waals surface area contributed by atoms with Gasteiger partial charge in [-0.05, 0) is 107 Å². The minimum atomic E-state index is -5.56. The molecule has 28 nitrogen and oxygen atoms in total. The van der Waals surface area contributed by atoms with E-state index in [1.54, 1.807) is 5.32 Å². The van der Waals surface area contributed by atoms with Crippen molar-refractivity contribution in [1.29, 1.82) is 0 Å². The second-order valence-electron chi connectivity index (χ2n) is 27.9. The molecule has 0 saturated carbocycles. The van der Waals surface area contributed by atoms with E-state index in [9.17, 15) is 52.2 Å². The first-order valence-corrected chi connectivity index (χ1v) is 35.0. The van der Waals surface area contributed by atoms with Crippen LogP contribution in [0, 0.1) is 41.2 Å². The number of methoxy groups -OCH3 is 2. The van der Waals surface area contributed by atoms with Crippen LogP contribution in [-0.4, -0.2) is 195 Å². The van der Waals surface area contributed by atoms with Crippen molar-refractivity contribution >= 4 is 55.6 Å². The number of carbonyl (C=O) groups excluding carboxylic acids is 6. The van der Waals surface area contributed by atoms with Crippen LogP contribution in [0.4, 0.5) is 59.4 Å². The molecule has 8 N–H and O–H groups in total. The number of carboxylic acid groups (broad SMARTS) is 1. The smallest absolute Gasteiger partial charge is 0.481 e. The van der Waals surface area contributed by atoms with Gasteiger partial charge in [0.1, 0.15) is 35.6 Å². The maximum atomic E-state index is 16.8. The summed E-state index contributed by atoms with van der Waals surface area (Å²) in [7, 11) is -4.09. The number of esters is 1. The predicted molar refractivity (Wildman–Crippen MR) is 362 cm³/mol. The third-order valence-corrected chi connectivity index (χ3v) is 19.2. The summed E-state index contributed by atoms with van der Waals surface area (Å²) in [5.74, 6) is -4.52. The zero-order valence-electron chi connectivity index (χ0n) is 59.7. The maximum absolute atomic E-state index is 16.8. The highest BCUT2D eigenvalue weighted by molar-refractivity contribution is 7.46. The number of hydrogen-bond donors (Lipinski definition) is 8. The van der Waals surface area contributed by atoms with Gasteiger partial charge in [0.05, 0.1) is 87.4 Å². The maximum Gasteiger partial charge on any atom is 0.524 e. The fourth-order valence-corrected chi connectivity index (χ4v) is 13.2. The predicted octanol–water partition coefficient (Wildman–Crippen LogP) is 7.84. The van der Waals surface area contributed by atoms with Crippen molar-refractivity contribution in [2.24, 2.45) is 10.8 Å². The number of benzene rings is 3. The number of hydrazine groups is 1. The molecule has 5 amide bonds. The first-order valence-electron chi connectivity index (χ1n) is 33.5. The number of carbonyl (C=O) groups is 7. The van der Waals surface area contributed by atoms with Gasteiger partial charge in [-0.2, -0.15) is 40.2 Å². The van der Waals surface area contributed by atoms with Gasteiger partial charge in [-0.1, -0.05) is 43.9 Å². The van der Waals surface area contributed by atoms with Crippen molar-refractivity contribution in [3.05, 3.63) is 124 Å². The lowest BCUT2D eigenvalue weighted by Gasteiger charge is -2.47. The van der Waals surface area contributed by atoms with Crippen molar-refractivity contribution in [3.63, 3.8) is 0 Å². The molecule has 39 heteroatoms. The Hall–Kier alpha value is -9.67. The zero-order chi connectivity index (χ0) is 79.8. The Labute approximate surface area is 612 Å². The summed E-state index contributed by atoms with van der Waals surface area (Å²) >= 11 is 0. The zero-order valence-corrected chi connectivity index (χ0v) is 60.6. The lowest BCUT2D eigenvalue weighted by Crippen LogP contribution is -2.64. The number of hydrogen-bond acceptors (Lipinski definition) is 19. The molecule has 2 aromatic heterocycles. The highest BCUT2D eigenvalue weighted by Gasteiger charge is 2.58. The number of nitrogens with zero attached hydrogens (tertiary/aromatic N) is 7. The molecule has 3 aliphatic rings. The fourth-order valence-electron chi connectivity index (χ4n) is 12.8. The standard InChI is InChI=1S/C69H81F10N12O16P/c1-37-22-42(27-53(92)80-20-18-54(93)94)56(51(23-37)107-108(100,101)102)65(2,3)28-55(95)106-52(34-89(87-60(97)58(85-64(99)104-9)67(6,7)69(77,78)79)33-46-47(70)25-41(26-48(46)71)49-19-21-90(86-49)61(72)73)50(83-59(96)57(84-63(98)103-8)66(4,5)68(74,75)76)24-39-13-10-38(11-14-39)12-15-40-29-81-62(82-30-40)88-31-43-16-17-44(32-88)91(43)45-35-105-36-45/h10-11,13-14,19,21-23,25-26,29-30,43-45,50,52,57-58,61H,16-18,20,24,27-28,31-36H2,1-9H3,(H,80,92)(H,83,96)(H,84,98)(H,85,99)(H,87,97)(H,93,94)(H2,100,101,102)/t43?,44?,50-,52-,57+,58+/m0/s1. The lowest BCUT2D eigenvalue weighted by molar-refractivity contribution is -0.221. The van der Waals surface area contributed by atoms with E-state index in [1.807, 2.05) is 5.32 Å². The van der Waals surface area contributed by atoms with Crippen LogP contribution >= 0.6 is 7.82 Å². The molecule has 6 atom stereocenters. The van der Waals surface area contributed by atoms with Crippen molar-refractivity contribution in [2.45, 2.75) is 160 Å². The number of carboxylic acids is 1. The molecule has 8 rings (SSSR count). The average molecular weight is 1560 g/mol. The van der Waals surface area contributed by atoms with Gasteiger partial charge in [0, 0.05) is 84.5 Å². The lowest BCUT2D eigenvalue weighted by atomic mass is 9.77. The summed E-state index contributed by atoms with van der Waals surface area (Å²) in [5.41, 5.74) is -7.77. The number of halogens is 10. The minimum absolute atomic E-state index is 0.0864. The number of ether oxygens (including phenoxy) is 4. The average Bonchev–Trinajstić information content (AvgIpc) is 1.45. The number of fused-ring (bicyclic) bond motifs is 2. The molecular formula is C69H81F10N12O16P. The molecule has 0 spiro atoms. The normalized spacial score (nSPS) is 16.9. The number of rotatable bonds is 30. The minimum Gasteiger partial charge on any atom is -0.481 e. The van der Waals surface area contributed by atoms with Gasteiger partial charge in [-0.15, -0.1) is 0 Å². The van der Waals surface area contributed by atoms with Crippen molar-refractivity contribution in [1.82, 2.24) is 56.4 Å². The Morgan fingerprint density at radius 1 is 0.769 bits per heavy atom. The van der Waals surface area contributed by atoms with Crippen LogP contribution < -0.4 is 36.1 Å². The summed E-state index contributed by atoms with van der Waals surface area (Å²) in [6.45, 7) is 2.36. The number of amides is 5. The molecule has 108 heavy (non-hydrogen) atoms. The van der Waals surface area contributed by atoms with Crippen LogP contribution in [0.3, 0.4) is 0 Å². The third-order valence-electron chi connectivity index (χ3n) is 18.7. The summed E-state index contributed by atoms with van der Waals surface area (Å²) < 4.78 is 191. The Balaban J connectivity index is 1.27. The highest BCUT2D eigenvalue weighted by atomic mass is 31.2. The number of piperazine rings is 1. The van der Waals surface area contributed by atoms with Crippen LogP contribution in [0.25, 0.3) is 11.3 Å². The molecule has 3 aliphatic heterocycles. The van der Waals surface area contributed by atoms with Crippen LogP contribution in [-0.2, 0) is 72.3 Å². The number of aromatic nitrogens is 4. The van der Waals surface area contributed by atoms with E-state index in [0.29, 0.717) is 106 Å². The van der Waals surface area contributed by atoms with Crippen LogP contribution in [0.2, 0.25) is 0 Å². The van der Waals surface area contributed by atoms with Gasteiger partial charge in [0.2, 0.25) is 17.8 Å². The van der Waals surface area contributed by atoms with Gasteiger partial charge < -0.3 is 54.7 Å². The Bertz CT molecular complexity index is 4190. The quantitative estimate of drug-likeness (QED) is 0.00541. The first kappa shape index (κ1) is 84.0. The molecule has 3 aromatic carbocycles. The molecule has 0 aliphatic carbocycles. The fraction of sp³-hybridized carbons (Fsp3) is 0.507. The van der Waals surface area contributed by atoms with Crippen LogP contribution in [0.15, 0.2) is 73.2 Å². The van der Waals surface area contributed by atoms with E-state index < -0.39 is 189 Å². The topological polar surface area (TPSA) is 357 Å². The largest absolute Gasteiger partial charge is 0.524 e. The Morgan fingerprint density at radius 3 is 1.84 bits per heavy atom. The van der Waals surface area contributed by atoms with Crippen molar-refractivity contribution in [2.75, 3.05) is 58.5 Å². The van der Waals surface area contributed by atoms with E-state index in [2.05, 4.69) is 62.2 Å². The summed E-state index contributed by atoms with van der Waals surface area (Å²) in [5, 5.41) is 21.6. The van der Waals surface area contributed by atoms with E-state index in [4.69, 9.17) is 14.0 Å². The van der Waals surface area contributed by atoms with Gasteiger partial charge in [0.25, 0.3) is 5.91 Å². The van der Waals surface area contributed by atoms with Crippen LogP contribution in [0.5, 0.6) is 5.75 Å². The van der Waals surface area contributed by atoms with Crippen LogP contribution in [0.1, 0.15) is 113 Å². The first-order chi connectivity index (χ1) is 50.4. The number of aliphatic carboxylic acids is 1. The molecule has 5 heterocycles. The number of nitrogens with one attached hydrogen (secondary N) is 5. The van der Waals surface area contributed by atoms with Gasteiger partial charge in [-0.25, -0.2) is 42.6 Å². The van der Waals surface area contributed by atoms with E-state index in [-0.39, 0.29) is 26.9 Å². The number of alkyl carbamates (subject to hydrolysis) is 2. The second kappa shape index (κ2) is 34.3. The van der Waals surface area contributed by atoms with Crippen molar-refractivity contribution < 1.29 is 120 Å². The van der Waals surface area contributed by atoms with E-state index >= 15 is 44.7 Å². The number of alkyl halides is 8. The molecule has 5 aromatic rings. The summed E-state index contributed by atoms with van der Waals surface area (Å²) in [4.78, 5) is 130. The number of phosphoric acid groups is 1.